The number of amides is 2. The quantitative estimate of drug-likeness (QED) is 0.432. The lowest BCUT2D eigenvalue weighted by Crippen LogP contribution is -2.42. The molecular formula is C26H22N4O4. The fourth-order valence-corrected chi connectivity index (χ4v) is 4.45. The van der Waals surface area contributed by atoms with Crippen molar-refractivity contribution in [3.8, 4) is 22.8 Å². The van der Waals surface area contributed by atoms with Crippen molar-refractivity contribution in [3.05, 3.63) is 77.6 Å². The van der Waals surface area contributed by atoms with Crippen molar-refractivity contribution in [3.63, 3.8) is 0 Å². The first-order valence-corrected chi connectivity index (χ1v) is 10.9. The standard InChI is InChI=1S/C26H22N4O4/c1-14-6-7-15-12-16(23-18-4-2-3-5-20(18)28-25(29-23)24(27)33)8-11-21(15)30(14)26(34)19-10-9-17(31)13-22(19)32/h2-5,8-14,31-32H,6-7H2,1H3,(H2,27,33)/t14-/m0/s1. The minimum Gasteiger partial charge on any atom is -0.508 e. The average Bonchev–Trinajstić information content (AvgIpc) is 2.82. The molecule has 1 aromatic heterocycles. The number of fused-ring (bicyclic) bond motifs is 2. The highest BCUT2D eigenvalue weighted by atomic mass is 16.3. The average molecular weight is 454 g/mol. The molecular weight excluding hydrogens is 432 g/mol. The van der Waals surface area contributed by atoms with Crippen molar-refractivity contribution in [1.29, 1.82) is 0 Å². The molecule has 0 saturated heterocycles. The van der Waals surface area contributed by atoms with Crippen LogP contribution in [0.5, 0.6) is 11.5 Å². The van der Waals surface area contributed by atoms with E-state index in [1.807, 2.05) is 43.3 Å². The summed E-state index contributed by atoms with van der Waals surface area (Å²) in [6.45, 7) is 1.96. The third-order valence-electron chi connectivity index (χ3n) is 6.14. The van der Waals surface area contributed by atoms with Crippen LogP contribution in [-0.4, -0.2) is 38.0 Å². The number of aromatic hydroxyl groups is 2. The number of para-hydroxylation sites is 1. The Labute approximate surface area is 195 Å². The molecule has 0 fully saturated rings. The number of primary amides is 1. The Bertz CT molecular complexity index is 1470. The van der Waals surface area contributed by atoms with Gasteiger partial charge in [-0.25, -0.2) is 9.97 Å². The van der Waals surface area contributed by atoms with Gasteiger partial charge in [-0.3, -0.25) is 9.59 Å². The molecule has 4 N–H and O–H groups in total. The van der Waals surface area contributed by atoms with E-state index in [1.165, 1.54) is 12.1 Å². The summed E-state index contributed by atoms with van der Waals surface area (Å²) in [5, 5.41) is 20.6. The van der Waals surface area contributed by atoms with E-state index in [4.69, 9.17) is 5.73 Å². The van der Waals surface area contributed by atoms with E-state index in [1.54, 1.807) is 11.0 Å². The van der Waals surface area contributed by atoms with E-state index in [0.29, 0.717) is 11.2 Å². The molecule has 170 valence electrons. The van der Waals surface area contributed by atoms with Gasteiger partial charge in [0, 0.05) is 28.7 Å². The third kappa shape index (κ3) is 3.59. The minimum absolute atomic E-state index is 0.0559. The van der Waals surface area contributed by atoms with E-state index in [-0.39, 0.29) is 34.8 Å². The number of nitrogens with two attached hydrogens (primary N) is 1. The molecule has 8 heteroatoms. The van der Waals surface area contributed by atoms with Gasteiger partial charge in [0.05, 0.1) is 16.8 Å². The maximum Gasteiger partial charge on any atom is 0.286 e. The molecule has 4 aromatic rings. The second-order valence-corrected chi connectivity index (χ2v) is 8.39. The number of phenolic OH excluding ortho intramolecular Hbond substituents is 2. The largest absolute Gasteiger partial charge is 0.508 e. The van der Waals surface area contributed by atoms with Gasteiger partial charge in [-0.15, -0.1) is 0 Å². The number of phenols is 2. The Morgan fingerprint density at radius 1 is 1.03 bits per heavy atom. The molecule has 1 aliphatic heterocycles. The summed E-state index contributed by atoms with van der Waals surface area (Å²) in [6, 6.07) is 17.0. The van der Waals surface area contributed by atoms with E-state index in [9.17, 15) is 19.8 Å². The van der Waals surface area contributed by atoms with Crippen LogP contribution in [0.15, 0.2) is 60.7 Å². The van der Waals surface area contributed by atoms with Crippen LogP contribution in [0.3, 0.4) is 0 Å². The molecule has 2 heterocycles. The molecule has 0 unspecified atom stereocenters. The lowest BCUT2D eigenvalue weighted by Gasteiger charge is -2.35. The number of carbonyl (C=O) groups is 2. The number of hydrogen-bond acceptors (Lipinski definition) is 6. The predicted molar refractivity (Wildman–Crippen MR) is 128 cm³/mol. The molecule has 0 bridgehead atoms. The monoisotopic (exact) mass is 454 g/mol. The van der Waals surface area contributed by atoms with Crippen LogP contribution in [0.4, 0.5) is 5.69 Å². The first-order chi connectivity index (χ1) is 16.3. The molecule has 5 rings (SSSR count). The summed E-state index contributed by atoms with van der Waals surface area (Å²) in [5.41, 5.74) is 9.27. The molecule has 0 spiro atoms. The van der Waals surface area contributed by atoms with Crippen molar-refractivity contribution in [2.24, 2.45) is 5.73 Å². The molecule has 0 saturated carbocycles. The fraction of sp³-hybridized carbons (Fsp3) is 0.154. The van der Waals surface area contributed by atoms with Crippen molar-refractivity contribution in [1.82, 2.24) is 9.97 Å². The molecule has 1 atom stereocenters. The first kappa shape index (κ1) is 21.4. The summed E-state index contributed by atoms with van der Waals surface area (Å²) in [5.74, 6) is -1.49. The zero-order valence-corrected chi connectivity index (χ0v) is 18.4. The van der Waals surface area contributed by atoms with Crippen molar-refractivity contribution in [2.45, 2.75) is 25.8 Å². The lowest BCUT2D eigenvalue weighted by molar-refractivity contribution is 0.0969. The zero-order chi connectivity index (χ0) is 24.0. The van der Waals surface area contributed by atoms with Gasteiger partial charge in [0.15, 0.2) is 0 Å². The van der Waals surface area contributed by atoms with Crippen molar-refractivity contribution >= 4 is 28.4 Å². The summed E-state index contributed by atoms with van der Waals surface area (Å²) >= 11 is 0. The number of hydrogen-bond donors (Lipinski definition) is 3. The minimum atomic E-state index is -0.704. The normalized spacial score (nSPS) is 15.2. The molecule has 0 radical (unpaired) electrons. The molecule has 0 aliphatic carbocycles. The van der Waals surface area contributed by atoms with Gasteiger partial charge < -0.3 is 20.8 Å². The smallest absolute Gasteiger partial charge is 0.286 e. The summed E-state index contributed by atoms with van der Waals surface area (Å²) in [7, 11) is 0. The lowest BCUT2D eigenvalue weighted by atomic mass is 9.92. The van der Waals surface area contributed by atoms with E-state index < -0.39 is 5.91 Å². The van der Waals surface area contributed by atoms with Crippen molar-refractivity contribution < 1.29 is 19.8 Å². The second kappa shape index (κ2) is 8.15. The molecule has 2 amide bonds. The Balaban J connectivity index is 1.61. The van der Waals surface area contributed by atoms with Crippen LogP contribution in [0.25, 0.3) is 22.2 Å². The topological polar surface area (TPSA) is 130 Å². The van der Waals surface area contributed by atoms with E-state index in [0.717, 1.165) is 41.1 Å². The molecule has 1 aliphatic rings. The zero-order valence-electron chi connectivity index (χ0n) is 18.4. The van der Waals surface area contributed by atoms with Gasteiger partial charge in [0.25, 0.3) is 11.8 Å². The van der Waals surface area contributed by atoms with Crippen LogP contribution in [0.2, 0.25) is 0 Å². The highest BCUT2D eigenvalue weighted by Gasteiger charge is 2.31. The van der Waals surface area contributed by atoms with Crippen molar-refractivity contribution in [2.75, 3.05) is 4.90 Å². The van der Waals surface area contributed by atoms with E-state index in [2.05, 4.69) is 9.97 Å². The number of nitrogens with zero attached hydrogens (tertiary/aromatic N) is 3. The highest BCUT2D eigenvalue weighted by Crippen LogP contribution is 2.37. The number of anilines is 1. The van der Waals surface area contributed by atoms with Gasteiger partial charge in [-0.1, -0.05) is 24.3 Å². The maximum atomic E-state index is 13.4. The number of aryl methyl sites for hydroxylation is 1. The van der Waals surface area contributed by atoms with Gasteiger partial charge in [0.1, 0.15) is 11.5 Å². The van der Waals surface area contributed by atoms with Crippen LogP contribution in [-0.2, 0) is 6.42 Å². The Morgan fingerprint density at radius 2 is 1.82 bits per heavy atom. The number of rotatable bonds is 3. The summed E-state index contributed by atoms with van der Waals surface area (Å²) < 4.78 is 0. The molecule has 8 nitrogen and oxygen atoms in total. The van der Waals surface area contributed by atoms with Crippen LogP contribution in [0, 0.1) is 0 Å². The SMILES string of the molecule is C[C@H]1CCc2cc(-c3nc(C(N)=O)nc4ccccc34)ccc2N1C(=O)c1ccc(O)cc1O. The first-order valence-electron chi connectivity index (χ1n) is 10.9. The number of aromatic nitrogens is 2. The van der Waals surface area contributed by atoms with Gasteiger partial charge in [-0.05, 0) is 55.7 Å². The van der Waals surface area contributed by atoms with Crippen LogP contribution >= 0.6 is 0 Å². The molecule has 3 aromatic carbocycles. The fourth-order valence-electron chi connectivity index (χ4n) is 4.45. The van der Waals surface area contributed by atoms with Crippen LogP contribution in [0.1, 0.15) is 39.9 Å². The molecule has 34 heavy (non-hydrogen) atoms. The van der Waals surface area contributed by atoms with Gasteiger partial charge in [-0.2, -0.15) is 0 Å². The van der Waals surface area contributed by atoms with Gasteiger partial charge >= 0.3 is 0 Å². The Kier molecular flexibility index (Phi) is 5.13. The number of carbonyl (C=O) groups excluding carboxylic acids is 2. The maximum absolute atomic E-state index is 13.4. The summed E-state index contributed by atoms with van der Waals surface area (Å²) in [6.07, 6.45) is 1.49. The third-order valence-corrected chi connectivity index (χ3v) is 6.14. The van der Waals surface area contributed by atoms with Gasteiger partial charge in [0.2, 0.25) is 5.82 Å². The van der Waals surface area contributed by atoms with Crippen LogP contribution < -0.4 is 10.6 Å². The highest BCUT2D eigenvalue weighted by molar-refractivity contribution is 6.09. The summed E-state index contributed by atoms with van der Waals surface area (Å²) in [4.78, 5) is 35.5. The number of benzene rings is 3. The second-order valence-electron chi connectivity index (χ2n) is 8.39. The Morgan fingerprint density at radius 3 is 2.59 bits per heavy atom. The predicted octanol–water partition coefficient (Wildman–Crippen LogP) is 3.79. The van der Waals surface area contributed by atoms with E-state index >= 15 is 0 Å². The Hall–Kier alpha value is -4.46.